The summed E-state index contributed by atoms with van der Waals surface area (Å²) in [4.78, 5) is 24.3. The van der Waals surface area contributed by atoms with E-state index >= 15 is 0 Å². The summed E-state index contributed by atoms with van der Waals surface area (Å²) >= 11 is 1.99. The summed E-state index contributed by atoms with van der Waals surface area (Å²) in [5.74, 6) is -0.246. The number of rotatable bonds is 3. The number of aliphatic hydroxyl groups excluding tert-OH is 1. The van der Waals surface area contributed by atoms with Gasteiger partial charge in [0.15, 0.2) is 0 Å². The van der Waals surface area contributed by atoms with E-state index in [0.29, 0.717) is 15.7 Å². The molecule has 6 nitrogen and oxygen atoms in total. The number of hydrogen-bond acceptors (Lipinski definition) is 4. The summed E-state index contributed by atoms with van der Waals surface area (Å²) in [6, 6.07) is 4.07. The molecule has 1 aromatic carbocycles. The first-order chi connectivity index (χ1) is 9.04. The van der Waals surface area contributed by atoms with Crippen LogP contribution in [0.4, 0.5) is 5.69 Å². The summed E-state index contributed by atoms with van der Waals surface area (Å²) in [5.41, 5.74) is 0.235. The second-order valence-corrected chi connectivity index (χ2v) is 5.56. The van der Waals surface area contributed by atoms with Crippen molar-refractivity contribution < 1.29 is 14.8 Å². The highest BCUT2D eigenvalue weighted by Crippen LogP contribution is 2.25. The molecule has 7 heteroatoms. The number of carbonyl (C=O) groups is 1. The molecule has 1 amide bonds. The van der Waals surface area contributed by atoms with Crippen molar-refractivity contribution in [3.05, 3.63) is 37.4 Å². The average molecular weight is 376 g/mol. The molecule has 0 spiro atoms. The van der Waals surface area contributed by atoms with E-state index in [0.717, 1.165) is 12.8 Å². The van der Waals surface area contributed by atoms with Crippen LogP contribution in [-0.2, 0) is 0 Å². The molecule has 1 N–H and O–H groups in total. The normalized spacial score (nSPS) is 18.6. The SMILES string of the molecule is O=C(c1cc([N+](=O)[O-])ccc1I)N1CCCC1CO. The van der Waals surface area contributed by atoms with Gasteiger partial charge in [0.1, 0.15) is 0 Å². The largest absolute Gasteiger partial charge is 0.394 e. The molecule has 1 fully saturated rings. The highest BCUT2D eigenvalue weighted by molar-refractivity contribution is 14.1. The zero-order chi connectivity index (χ0) is 14.0. The molecule has 0 aliphatic carbocycles. The topological polar surface area (TPSA) is 83.7 Å². The predicted molar refractivity (Wildman–Crippen MR) is 77.0 cm³/mol. The average Bonchev–Trinajstić information content (AvgIpc) is 2.86. The van der Waals surface area contributed by atoms with Gasteiger partial charge in [-0.2, -0.15) is 0 Å². The van der Waals surface area contributed by atoms with E-state index in [1.54, 1.807) is 11.0 Å². The van der Waals surface area contributed by atoms with Crippen molar-refractivity contribution in [3.63, 3.8) is 0 Å². The molecule has 1 heterocycles. The summed E-state index contributed by atoms with van der Waals surface area (Å²) < 4.78 is 0.678. The number of non-ortho nitro benzene ring substituents is 1. The molecule has 1 aliphatic rings. The Morgan fingerprint density at radius 3 is 2.95 bits per heavy atom. The number of halogens is 1. The van der Waals surface area contributed by atoms with Crippen molar-refractivity contribution in [3.8, 4) is 0 Å². The van der Waals surface area contributed by atoms with Gasteiger partial charge in [0.2, 0.25) is 0 Å². The van der Waals surface area contributed by atoms with Gasteiger partial charge in [0.25, 0.3) is 11.6 Å². The zero-order valence-electron chi connectivity index (χ0n) is 10.1. The van der Waals surface area contributed by atoms with Crippen molar-refractivity contribution in [2.24, 2.45) is 0 Å². The third kappa shape index (κ3) is 2.86. The Morgan fingerprint density at radius 2 is 2.32 bits per heavy atom. The minimum Gasteiger partial charge on any atom is -0.394 e. The van der Waals surface area contributed by atoms with Crippen LogP contribution in [0.1, 0.15) is 23.2 Å². The molecule has 2 rings (SSSR count). The third-order valence-electron chi connectivity index (χ3n) is 3.24. The standard InChI is InChI=1S/C12H13IN2O4/c13-11-4-3-8(15(18)19)6-10(11)12(17)14-5-1-2-9(14)7-16/h3-4,6,9,16H,1-2,5,7H2. The van der Waals surface area contributed by atoms with Crippen molar-refractivity contribution in [1.29, 1.82) is 0 Å². The predicted octanol–water partition coefficient (Wildman–Crippen LogP) is 1.80. The molecule has 1 aliphatic heterocycles. The number of hydrogen-bond donors (Lipinski definition) is 1. The van der Waals surface area contributed by atoms with Gasteiger partial charge in [0.05, 0.1) is 23.1 Å². The van der Waals surface area contributed by atoms with Crippen LogP contribution in [0.15, 0.2) is 18.2 Å². The molecule has 0 radical (unpaired) electrons. The number of nitro groups is 1. The third-order valence-corrected chi connectivity index (χ3v) is 4.18. The Balaban J connectivity index is 2.32. The Hall–Kier alpha value is -1.22. The van der Waals surface area contributed by atoms with Gasteiger partial charge in [0, 0.05) is 22.2 Å². The minimum absolute atomic E-state index is 0.0722. The van der Waals surface area contributed by atoms with Gasteiger partial charge < -0.3 is 10.0 Å². The van der Waals surface area contributed by atoms with Crippen LogP contribution in [-0.4, -0.2) is 40.0 Å². The monoisotopic (exact) mass is 376 g/mol. The number of nitro benzene ring substituents is 1. The second-order valence-electron chi connectivity index (χ2n) is 4.40. The summed E-state index contributed by atoms with van der Waals surface area (Å²) in [7, 11) is 0. The molecule has 0 saturated carbocycles. The highest BCUT2D eigenvalue weighted by atomic mass is 127. The quantitative estimate of drug-likeness (QED) is 0.496. The zero-order valence-corrected chi connectivity index (χ0v) is 12.2. The fourth-order valence-electron chi connectivity index (χ4n) is 2.24. The van der Waals surface area contributed by atoms with E-state index in [4.69, 9.17) is 0 Å². The van der Waals surface area contributed by atoms with Crippen LogP contribution in [0.5, 0.6) is 0 Å². The van der Waals surface area contributed by atoms with Crippen molar-refractivity contribution in [1.82, 2.24) is 4.90 Å². The fourth-order valence-corrected chi connectivity index (χ4v) is 2.80. The van der Waals surface area contributed by atoms with Crippen LogP contribution in [0, 0.1) is 13.7 Å². The Morgan fingerprint density at radius 1 is 1.58 bits per heavy atom. The number of amides is 1. The number of aliphatic hydroxyl groups is 1. The van der Waals surface area contributed by atoms with Crippen LogP contribution < -0.4 is 0 Å². The van der Waals surface area contributed by atoms with E-state index < -0.39 is 4.92 Å². The molecule has 102 valence electrons. The summed E-state index contributed by atoms with van der Waals surface area (Å²) in [5, 5.41) is 20.0. The second kappa shape index (κ2) is 5.83. The van der Waals surface area contributed by atoms with Crippen LogP contribution in [0.25, 0.3) is 0 Å². The molecular formula is C12H13IN2O4. The minimum atomic E-state index is -0.514. The Labute approximate surface area is 123 Å². The molecule has 1 unspecified atom stereocenters. The summed E-state index contributed by atoms with van der Waals surface area (Å²) in [6.07, 6.45) is 1.62. The van der Waals surface area contributed by atoms with Gasteiger partial charge in [-0.25, -0.2) is 0 Å². The number of nitrogens with zero attached hydrogens (tertiary/aromatic N) is 2. The Bertz CT molecular complexity index is 520. The lowest BCUT2D eigenvalue weighted by Crippen LogP contribution is -2.38. The smallest absolute Gasteiger partial charge is 0.270 e. The van der Waals surface area contributed by atoms with E-state index in [2.05, 4.69) is 0 Å². The van der Waals surface area contributed by atoms with E-state index in [1.165, 1.54) is 12.1 Å². The maximum Gasteiger partial charge on any atom is 0.270 e. The van der Waals surface area contributed by atoms with Gasteiger partial charge in [-0.1, -0.05) is 0 Å². The van der Waals surface area contributed by atoms with Gasteiger partial charge in [-0.05, 0) is 41.5 Å². The van der Waals surface area contributed by atoms with Crippen LogP contribution >= 0.6 is 22.6 Å². The van der Waals surface area contributed by atoms with Gasteiger partial charge in [-0.15, -0.1) is 0 Å². The lowest BCUT2D eigenvalue weighted by Gasteiger charge is -2.23. The molecular weight excluding hydrogens is 363 g/mol. The first kappa shape index (κ1) is 14.2. The van der Waals surface area contributed by atoms with Crippen LogP contribution in [0.3, 0.4) is 0 Å². The molecule has 1 aromatic rings. The van der Waals surface area contributed by atoms with E-state index in [-0.39, 0.29) is 24.2 Å². The van der Waals surface area contributed by atoms with Gasteiger partial charge >= 0.3 is 0 Å². The lowest BCUT2D eigenvalue weighted by atomic mass is 10.1. The first-order valence-corrected chi connectivity index (χ1v) is 6.98. The van der Waals surface area contributed by atoms with E-state index in [9.17, 15) is 20.0 Å². The number of carbonyl (C=O) groups excluding carboxylic acids is 1. The number of likely N-dealkylation sites (tertiary alicyclic amines) is 1. The maximum atomic E-state index is 12.4. The molecule has 0 aromatic heterocycles. The molecule has 0 bridgehead atoms. The molecule has 1 atom stereocenters. The van der Waals surface area contributed by atoms with Crippen molar-refractivity contribution in [2.75, 3.05) is 13.2 Å². The van der Waals surface area contributed by atoms with Crippen molar-refractivity contribution in [2.45, 2.75) is 18.9 Å². The van der Waals surface area contributed by atoms with Crippen molar-refractivity contribution >= 4 is 34.2 Å². The first-order valence-electron chi connectivity index (χ1n) is 5.90. The fraction of sp³-hybridized carbons (Fsp3) is 0.417. The van der Waals surface area contributed by atoms with Gasteiger partial charge in [-0.3, -0.25) is 14.9 Å². The number of benzene rings is 1. The molecule has 19 heavy (non-hydrogen) atoms. The lowest BCUT2D eigenvalue weighted by molar-refractivity contribution is -0.384. The maximum absolute atomic E-state index is 12.4. The highest BCUT2D eigenvalue weighted by Gasteiger charge is 2.30. The summed E-state index contributed by atoms with van der Waals surface area (Å²) in [6.45, 7) is 0.514. The van der Waals surface area contributed by atoms with E-state index in [1.807, 2.05) is 22.6 Å². The Kier molecular flexibility index (Phi) is 4.35. The van der Waals surface area contributed by atoms with Crippen LogP contribution in [0.2, 0.25) is 0 Å². The molecule has 1 saturated heterocycles.